The van der Waals surface area contributed by atoms with Gasteiger partial charge >= 0.3 is 0 Å². The first-order valence-corrected chi connectivity index (χ1v) is 18.9. The van der Waals surface area contributed by atoms with E-state index in [1.807, 2.05) is 121 Å². The van der Waals surface area contributed by atoms with Crippen LogP contribution in [0, 0.1) is 0 Å². The summed E-state index contributed by atoms with van der Waals surface area (Å²) in [7, 11) is 0. The van der Waals surface area contributed by atoms with Gasteiger partial charge < -0.3 is 4.42 Å². The smallest absolute Gasteiger partial charge is 0.164 e. The summed E-state index contributed by atoms with van der Waals surface area (Å²) in [5.74, 6) is 0.833. The third-order valence-corrected chi connectivity index (χ3v) is 10.6. The molecule has 0 saturated heterocycles. The van der Waals surface area contributed by atoms with Crippen molar-refractivity contribution >= 4 is 43.5 Å². The van der Waals surface area contributed by atoms with Gasteiger partial charge in [0, 0.05) is 27.5 Å². The van der Waals surface area contributed by atoms with Crippen LogP contribution in [0.15, 0.2) is 205 Å². The summed E-state index contributed by atoms with van der Waals surface area (Å²) < 4.78 is 43.1. The first kappa shape index (κ1) is 28.7. The second-order valence-electron chi connectivity index (χ2n) is 14.1. The molecule has 0 aliphatic heterocycles. The predicted molar refractivity (Wildman–Crippen MR) is 235 cm³/mol. The van der Waals surface area contributed by atoms with Crippen molar-refractivity contribution in [1.82, 2.24) is 15.0 Å². The van der Waals surface area contributed by atoms with E-state index >= 15 is 0 Å². The molecular formula is C53H33N3O. The Morgan fingerprint density at radius 1 is 0.368 bits per heavy atom. The van der Waals surface area contributed by atoms with E-state index in [2.05, 4.69) is 54.6 Å². The average molecular weight is 732 g/mol. The van der Waals surface area contributed by atoms with E-state index < -0.39 is 0 Å². The van der Waals surface area contributed by atoms with Gasteiger partial charge in [-0.25, -0.2) is 15.0 Å². The van der Waals surface area contributed by atoms with Crippen molar-refractivity contribution in [3.05, 3.63) is 200 Å². The lowest BCUT2D eigenvalue weighted by Gasteiger charge is -2.13. The summed E-state index contributed by atoms with van der Waals surface area (Å²) in [5, 5.41) is 6.25. The molecule has 0 saturated carbocycles. The van der Waals surface area contributed by atoms with E-state index in [1.54, 1.807) is 0 Å². The molecule has 0 N–H and O–H groups in total. The molecule has 0 atom stereocenters. The van der Waals surface area contributed by atoms with Crippen molar-refractivity contribution in [3.63, 3.8) is 0 Å². The maximum absolute atomic E-state index is 9.65. The number of nitrogens with zero attached hydrogens (tertiary/aromatic N) is 3. The molecule has 11 rings (SSSR count). The molecule has 11 aromatic rings. The predicted octanol–water partition coefficient (Wildman–Crippen LogP) is 14.1. The van der Waals surface area contributed by atoms with Gasteiger partial charge in [0.15, 0.2) is 17.5 Å². The fourth-order valence-corrected chi connectivity index (χ4v) is 7.80. The highest BCUT2D eigenvalue weighted by Crippen LogP contribution is 2.39. The first-order valence-electron chi connectivity index (χ1n) is 20.9. The monoisotopic (exact) mass is 731 g/mol. The third kappa shape index (κ3) is 5.92. The first-order chi connectivity index (χ1) is 29.9. The van der Waals surface area contributed by atoms with Crippen LogP contribution < -0.4 is 0 Å². The molecule has 0 bridgehead atoms. The van der Waals surface area contributed by atoms with Gasteiger partial charge in [-0.05, 0) is 91.3 Å². The Morgan fingerprint density at radius 2 is 0.930 bits per heavy atom. The zero-order chi connectivity index (χ0) is 41.2. The average Bonchev–Trinajstić information content (AvgIpc) is 3.70. The van der Waals surface area contributed by atoms with Crippen molar-refractivity contribution in [2.24, 2.45) is 0 Å². The number of hydrogen-bond acceptors (Lipinski definition) is 4. The van der Waals surface area contributed by atoms with Gasteiger partial charge in [0.2, 0.25) is 0 Å². The molecule has 0 aliphatic rings. The fourth-order valence-electron chi connectivity index (χ4n) is 7.80. The van der Waals surface area contributed by atoms with Crippen LogP contribution >= 0.6 is 0 Å². The maximum Gasteiger partial charge on any atom is 0.164 e. The minimum absolute atomic E-state index is 0.0656. The van der Waals surface area contributed by atoms with E-state index in [0.717, 1.165) is 76.9 Å². The van der Waals surface area contributed by atoms with E-state index in [1.165, 1.54) is 0 Å². The molecule has 4 nitrogen and oxygen atoms in total. The van der Waals surface area contributed by atoms with Crippen molar-refractivity contribution < 1.29 is 9.90 Å². The highest BCUT2D eigenvalue weighted by Gasteiger charge is 2.17. The lowest BCUT2D eigenvalue weighted by atomic mass is 9.95. The number of fused-ring (bicyclic) bond motifs is 5. The fraction of sp³-hybridized carbons (Fsp3) is 0. The third-order valence-electron chi connectivity index (χ3n) is 10.6. The number of rotatable bonds is 6. The summed E-state index contributed by atoms with van der Waals surface area (Å²) in [6.45, 7) is 0. The normalized spacial score (nSPS) is 12.5. The van der Waals surface area contributed by atoms with Crippen LogP contribution in [-0.4, -0.2) is 15.0 Å². The van der Waals surface area contributed by atoms with Crippen LogP contribution in [0.1, 0.15) is 5.48 Å². The van der Waals surface area contributed by atoms with Gasteiger partial charge in [0.25, 0.3) is 0 Å². The number of benzene rings is 9. The van der Waals surface area contributed by atoms with Crippen molar-refractivity contribution in [2.75, 3.05) is 0 Å². The van der Waals surface area contributed by atoms with Crippen LogP contribution in [0.25, 0.3) is 111 Å². The quantitative estimate of drug-likeness (QED) is 0.171. The second kappa shape index (κ2) is 13.6. The Kier molecular flexibility index (Phi) is 6.83. The second-order valence-corrected chi connectivity index (χ2v) is 14.1. The summed E-state index contributed by atoms with van der Waals surface area (Å²) in [6, 6.07) is 57.4. The molecule has 0 radical (unpaired) electrons. The summed E-state index contributed by atoms with van der Waals surface area (Å²) in [4.78, 5) is 14.9. The van der Waals surface area contributed by atoms with E-state index in [0.29, 0.717) is 17.2 Å². The molecule has 9 aromatic carbocycles. The summed E-state index contributed by atoms with van der Waals surface area (Å²) in [5.41, 5.74) is 8.07. The van der Waals surface area contributed by atoms with Crippen LogP contribution in [0.4, 0.5) is 0 Å². The molecule has 2 heterocycles. The number of hydrogen-bond donors (Lipinski definition) is 0. The van der Waals surface area contributed by atoms with Crippen molar-refractivity contribution in [3.8, 4) is 67.5 Å². The molecule has 0 fully saturated rings. The van der Waals surface area contributed by atoms with Crippen LogP contribution in [0.5, 0.6) is 0 Å². The van der Waals surface area contributed by atoms with Gasteiger partial charge in [-0.1, -0.05) is 164 Å². The van der Waals surface area contributed by atoms with Gasteiger partial charge in [-0.2, -0.15) is 0 Å². The van der Waals surface area contributed by atoms with Crippen molar-refractivity contribution in [2.45, 2.75) is 0 Å². The molecule has 0 unspecified atom stereocenters. The highest BCUT2D eigenvalue weighted by atomic mass is 16.3. The van der Waals surface area contributed by atoms with Gasteiger partial charge in [-0.15, -0.1) is 0 Å². The molecule has 2 aromatic heterocycles. The largest absolute Gasteiger partial charge is 0.456 e. The standard InChI is InChI=1S/C53H33N3O/c1-2-13-35(14-3-1)51-54-52(56-53(55-51)46-19-7-6-18-44(46)41-28-24-34-12-4-5-15-36(34)31-41)43-17-10-16-37(33-43)38-25-26-40-32-42(29-27-39(40)30-38)45-21-11-23-49-50(45)47-20-8-9-22-48(47)57-49/h1-33H/i10D,16D,17D,33D. The minimum Gasteiger partial charge on any atom is -0.456 e. The Labute approximate surface area is 335 Å². The minimum atomic E-state index is -0.309. The molecule has 57 heavy (non-hydrogen) atoms. The number of aromatic nitrogens is 3. The molecule has 0 aliphatic carbocycles. The molecule has 0 spiro atoms. The number of furan rings is 1. The van der Waals surface area contributed by atoms with Crippen molar-refractivity contribution in [1.29, 1.82) is 0 Å². The van der Waals surface area contributed by atoms with E-state index in [4.69, 9.17) is 22.1 Å². The lowest BCUT2D eigenvalue weighted by Crippen LogP contribution is -2.01. The van der Waals surface area contributed by atoms with Crippen LogP contribution in [0.3, 0.4) is 0 Å². The topological polar surface area (TPSA) is 51.8 Å². The maximum atomic E-state index is 9.65. The zero-order valence-corrected chi connectivity index (χ0v) is 30.5. The van der Waals surface area contributed by atoms with Crippen LogP contribution in [0.2, 0.25) is 0 Å². The molecule has 266 valence electrons. The Balaban J connectivity index is 1.05. The Morgan fingerprint density at radius 3 is 1.77 bits per heavy atom. The summed E-state index contributed by atoms with van der Waals surface area (Å²) in [6.07, 6.45) is 0. The van der Waals surface area contributed by atoms with Crippen LogP contribution in [-0.2, 0) is 0 Å². The Hall–Kier alpha value is -7.69. The van der Waals surface area contributed by atoms with Gasteiger partial charge in [-0.3, -0.25) is 0 Å². The van der Waals surface area contributed by atoms with E-state index in [9.17, 15) is 2.74 Å². The van der Waals surface area contributed by atoms with E-state index in [-0.39, 0.29) is 41.1 Å². The zero-order valence-electron chi connectivity index (χ0n) is 34.5. The summed E-state index contributed by atoms with van der Waals surface area (Å²) >= 11 is 0. The van der Waals surface area contributed by atoms with Gasteiger partial charge in [0.05, 0.1) is 5.48 Å². The van der Waals surface area contributed by atoms with Gasteiger partial charge in [0.1, 0.15) is 11.2 Å². The number of para-hydroxylation sites is 1. The molecule has 4 heteroatoms. The lowest BCUT2D eigenvalue weighted by molar-refractivity contribution is 0.669. The SMILES string of the molecule is [2H]c1c([2H])c(-c2ccc3cc(-c4cccc5oc6ccccc6c45)ccc3c2)c([2H])c(-c2nc(-c3ccccc3)nc(-c3ccccc3-c3ccc4ccccc4c3)n2)c1[2H]. The molecule has 0 amide bonds. The molecular weight excluding hydrogens is 695 g/mol. The Bertz CT molecular complexity index is 3550. The highest BCUT2D eigenvalue weighted by molar-refractivity contribution is 6.13.